The van der Waals surface area contributed by atoms with Crippen molar-refractivity contribution in [3.63, 3.8) is 0 Å². The molecular weight excluding hydrogens is 306 g/mol. The summed E-state index contributed by atoms with van der Waals surface area (Å²) in [5, 5.41) is 11.8. The van der Waals surface area contributed by atoms with E-state index in [1.54, 1.807) is 7.05 Å². The highest BCUT2D eigenvalue weighted by Gasteiger charge is 2.31. The molecular formula is C18H27N3O3. The van der Waals surface area contributed by atoms with Gasteiger partial charge in [0.2, 0.25) is 11.8 Å². The summed E-state index contributed by atoms with van der Waals surface area (Å²) in [6, 6.07) is 9.86. The zero-order valence-corrected chi connectivity index (χ0v) is 14.3. The highest BCUT2D eigenvalue weighted by atomic mass is 16.3. The first kappa shape index (κ1) is 18.4. The maximum atomic E-state index is 12.2. The summed E-state index contributed by atoms with van der Waals surface area (Å²) < 4.78 is 0. The van der Waals surface area contributed by atoms with Gasteiger partial charge in [0.05, 0.1) is 19.1 Å². The van der Waals surface area contributed by atoms with Crippen molar-refractivity contribution in [2.75, 3.05) is 39.8 Å². The van der Waals surface area contributed by atoms with Crippen molar-refractivity contribution < 1.29 is 14.7 Å². The van der Waals surface area contributed by atoms with Crippen molar-refractivity contribution in [1.29, 1.82) is 0 Å². The van der Waals surface area contributed by atoms with Crippen LogP contribution >= 0.6 is 0 Å². The number of nitrogens with zero attached hydrogens (tertiary/aromatic N) is 2. The molecule has 1 unspecified atom stereocenters. The largest absolute Gasteiger partial charge is 0.395 e. The Balaban J connectivity index is 1.88. The van der Waals surface area contributed by atoms with Crippen molar-refractivity contribution in [3.8, 4) is 0 Å². The van der Waals surface area contributed by atoms with Crippen LogP contribution in [0.5, 0.6) is 0 Å². The Hall–Kier alpha value is -1.92. The second-order valence-corrected chi connectivity index (χ2v) is 6.17. The molecule has 132 valence electrons. The van der Waals surface area contributed by atoms with E-state index in [1.807, 2.05) is 18.2 Å². The summed E-state index contributed by atoms with van der Waals surface area (Å²) in [6.45, 7) is 2.41. The number of aliphatic hydroxyl groups excluding tert-OH is 1. The first-order valence-electron chi connectivity index (χ1n) is 8.52. The number of benzene rings is 1. The van der Waals surface area contributed by atoms with Crippen molar-refractivity contribution in [3.05, 3.63) is 35.9 Å². The molecule has 0 saturated carbocycles. The maximum Gasteiger partial charge on any atom is 0.237 e. The molecule has 6 nitrogen and oxygen atoms in total. The van der Waals surface area contributed by atoms with Gasteiger partial charge in [0.1, 0.15) is 0 Å². The van der Waals surface area contributed by atoms with E-state index in [0.29, 0.717) is 13.1 Å². The normalized spacial score (nSPS) is 18.2. The molecule has 0 bridgehead atoms. The molecule has 1 aliphatic heterocycles. The predicted molar refractivity (Wildman–Crippen MR) is 92.5 cm³/mol. The SMILES string of the molecule is CN(CCO)C(=O)CC1C(=O)NCCN1CCCc1ccccc1. The second kappa shape index (κ2) is 9.39. The Morgan fingerprint density at radius 2 is 2.12 bits per heavy atom. The molecule has 1 aliphatic rings. The Kier molecular flexibility index (Phi) is 7.21. The highest BCUT2D eigenvalue weighted by molar-refractivity contribution is 5.88. The number of amides is 2. The monoisotopic (exact) mass is 333 g/mol. The molecule has 1 fully saturated rings. The third kappa shape index (κ3) is 5.32. The van der Waals surface area contributed by atoms with Gasteiger partial charge < -0.3 is 15.3 Å². The van der Waals surface area contributed by atoms with Crippen molar-refractivity contribution in [2.24, 2.45) is 0 Å². The number of piperazine rings is 1. The molecule has 2 rings (SSSR count). The second-order valence-electron chi connectivity index (χ2n) is 6.17. The summed E-state index contributed by atoms with van der Waals surface area (Å²) in [5.41, 5.74) is 1.29. The molecule has 0 spiro atoms. The average molecular weight is 333 g/mol. The van der Waals surface area contributed by atoms with Gasteiger partial charge in [-0.2, -0.15) is 0 Å². The summed E-state index contributed by atoms with van der Waals surface area (Å²) in [7, 11) is 1.65. The number of hydrogen-bond acceptors (Lipinski definition) is 4. The van der Waals surface area contributed by atoms with Crippen LogP contribution < -0.4 is 5.32 Å². The Morgan fingerprint density at radius 1 is 1.38 bits per heavy atom. The Morgan fingerprint density at radius 3 is 2.83 bits per heavy atom. The number of nitrogens with one attached hydrogen (secondary N) is 1. The molecule has 1 aromatic rings. The predicted octanol–water partition coefficient (Wildman–Crippen LogP) is 0.260. The topological polar surface area (TPSA) is 72.9 Å². The molecule has 6 heteroatoms. The molecule has 0 aliphatic carbocycles. The van der Waals surface area contributed by atoms with Crippen molar-refractivity contribution in [1.82, 2.24) is 15.1 Å². The van der Waals surface area contributed by atoms with Gasteiger partial charge in [-0.1, -0.05) is 30.3 Å². The highest BCUT2D eigenvalue weighted by Crippen LogP contribution is 2.12. The van der Waals surface area contributed by atoms with Crippen LogP contribution in [0.4, 0.5) is 0 Å². The van der Waals surface area contributed by atoms with E-state index in [0.717, 1.165) is 25.9 Å². The fraction of sp³-hybridized carbons (Fsp3) is 0.556. The fourth-order valence-electron chi connectivity index (χ4n) is 2.98. The van der Waals surface area contributed by atoms with E-state index in [2.05, 4.69) is 22.3 Å². The van der Waals surface area contributed by atoms with E-state index < -0.39 is 6.04 Å². The molecule has 1 heterocycles. The van der Waals surface area contributed by atoms with E-state index in [1.165, 1.54) is 10.5 Å². The minimum atomic E-state index is -0.414. The lowest BCUT2D eigenvalue weighted by Gasteiger charge is -2.35. The average Bonchev–Trinajstić information content (AvgIpc) is 2.58. The number of likely N-dealkylation sites (N-methyl/N-ethyl adjacent to an activating group) is 1. The van der Waals surface area contributed by atoms with Crippen LogP contribution in [-0.2, 0) is 16.0 Å². The molecule has 0 radical (unpaired) electrons. The summed E-state index contributed by atoms with van der Waals surface area (Å²) in [6.07, 6.45) is 2.08. The van der Waals surface area contributed by atoms with Crippen LogP contribution in [0.1, 0.15) is 18.4 Å². The van der Waals surface area contributed by atoms with Gasteiger partial charge in [-0.3, -0.25) is 14.5 Å². The Labute approximate surface area is 143 Å². The lowest BCUT2D eigenvalue weighted by molar-refractivity contribution is -0.138. The molecule has 2 amide bonds. The van der Waals surface area contributed by atoms with Gasteiger partial charge >= 0.3 is 0 Å². The zero-order valence-electron chi connectivity index (χ0n) is 14.3. The first-order valence-corrected chi connectivity index (χ1v) is 8.52. The van der Waals surface area contributed by atoms with Gasteiger partial charge in [-0.15, -0.1) is 0 Å². The molecule has 24 heavy (non-hydrogen) atoms. The number of hydrogen-bond donors (Lipinski definition) is 2. The number of carbonyl (C=O) groups excluding carboxylic acids is 2. The van der Waals surface area contributed by atoms with E-state index in [4.69, 9.17) is 5.11 Å². The molecule has 2 N–H and O–H groups in total. The van der Waals surface area contributed by atoms with Gasteiger partial charge in [-0.05, 0) is 24.9 Å². The van der Waals surface area contributed by atoms with E-state index in [9.17, 15) is 9.59 Å². The smallest absolute Gasteiger partial charge is 0.237 e. The molecule has 1 saturated heterocycles. The third-order valence-corrected chi connectivity index (χ3v) is 4.42. The lowest BCUT2D eigenvalue weighted by atomic mass is 10.1. The van der Waals surface area contributed by atoms with Crippen LogP contribution in [0.15, 0.2) is 30.3 Å². The molecule has 1 atom stereocenters. The lowest BCUT2D eigenvalue weighted by Crippen LogP contribution is -2.56. The number of carbonyl (C=O) groups is 2. The van der Waals surface area contributed by atoms with Gasteiger partial charge in [-0.25, -0.2) is 0 Å². The molecule has 1 aromatic carbocycles. The third-order valence-electron chi connectivity index (χ3n) is 4.42. The quantitative estimate of drug-likeness (QED) is 0.716. The van der Waals surface area contributed by atoms with Crippen molar-refractivity contribution in [2.45, 2.75) is 25.3 Å². The van der Waals surface area contributed by atoms with Gasteiger partial charge in [0, 0.05) is 26.7 Å². The maximum absolute atomic E-state index is 12.2. The summed E-state index contributed by atoms with van der Waals surface area (Å²) >= 11 is 0. The van der Waals surface area contributed by atoms with Crippen LogP contribution in [0.2, 0.25) is 0 Å². The number of aryl methyl sites for hydroxylation is 1. The Bertz CT molecular complexity index is 536. The van der Waals surface area contributed by atoms with Crippen molar-refractivity contribution >= 4 is 11.8 Å². The van der Waals surface area contributed by atoms with Gasteiger partial charge in [0.25, 0.3) is 0 Å². The zero-order chi connectivity index (χ0) is 17.4. The molecule has 0 aromatic heterocycles. The standard InChI is InChI=1S/C18H27N3O3/c1-20(12-13-22)17(23)14-16-18(24)19-9-11-21(16)10-5-8-15-6-3-2-4-7-15/h2-4,6-7,16,22H,5,8-14H2,1H3,(H,19,24). The van der Waals surface area contributed by atoms with Crippen LogP contribution in [0.3, 0.4) is 0 Å². The van der Waals surface area contributed by atoms with Crippen LogP contribution in [-0.4, -0.2) is 72.6 Å². The summed E-state index contributed by atoms with van der Waals surface area (Å²) in [4.78, 5) is 28.0. The van der Waals surface area contributed by atoms with Gasteiger partial charge in [0.15, 0.2) is 0 Å². The number of rotatable bonds is 8. The van der Waals surface area contributed by atoms with Crippen LogP contribution in [0, 0.1) is 0 Å². The fourth-order valence-corrected chi connectivity index (χ4v) is 2.98. The first-order chi connectivity index (χ1) is 11.6. The number of aliphatic hydroxyl groups is 1. The minimum Gasteiger partial charge on any atom is -0.395 e. The summed E-state index contributed by atoms with van der Waals surface area (Å²) in [5.74, 6) is -0.189. The van der Waals surface area contributed by atoms with E-state index in [-0.39, 0.29) is 24.8 Å². The van der Waals surface area contributed by atoms with Crippen LogP contribution in [0.25, 0.3) is 0 Å². The van der Waals surface area contributed by atoms with E-state index >= 15 is 0 Å². The minimum absolute atomic E-state index is 0.0696.